The molecule has 1 aromatic carbocycles. The summed E-state index contributed by atoms with van der Waals surface area (Å²) in [5.41, 5.74) is 2.46. The van der Waals surface area contributed by atoms with E-state index in [1.54, 1.807) is 11.3 Å². The van der Waals surface area contributed by atoms with Gasteiger partial charge in [0.2, 0.25) is 0 Å². The molecule has 1 radical (unpaired) electrons. The molecule has 0 saturated carbocycles. The molecule has 2 aromatic rings. The zero-order chi connectivity index (χ0) is 9.10. The molecule has 0 bridgehead atoms. The van der Waals surface area contributed by atoms with Gasteiger partial charge in [-0.05, 0) is 29.5 Å². The third-order valence-corrected chi connectivity index (χ3v) is 2.94. The van der Waals surface area contributed by atoms with Gasteiger partial charge in [0.05, 0.1) is 0 Å². The Morgan fingerprint density at radius 1 is 1.08 bits per heavy atom. The average Bonchev–Trinajstić information content (AvgIpc) is 2.61. The van der Waals surface area contributed by atoms with Crippen molar-refractivity contribution in [3.05, 3.63) is 64.7 Å². The van der Waals surface area contributed by atoms with Gasteiger partial charge in [-0.25, -0.2) is 0 Å². The predicted octanol–water partition coefficient (Wildman–Crippen LogP) is 3.52. The maximum atomic E-state index is 4.01. The standard InChI is InChI=1S/C12H11S/c1-10-5-2-3-6-11(10)9-12-7-4-8-13-12/h2-8H,1,9H2. The quantitative estimate of drug-likeness (QED) is 0.674. The monoisotopic (exact) mass is 187 g/mol. The molecule has 65 valence electrons. The van der Waals surface area contributed by atoms with Crippen molar-refractivity contribution >= 4 is 11.3 Å². The van der Waals surface area contributed by atoms with Gasteiger partial charge in [0.1, 0.15) is 0 Å². The van der Waals surface area contributed by atoms with Crippen LogP contribution >= 0.6 is 11.3 Å². The SMILES string of the molecule is [CH2]c1ccccc1Cc1cccs1. The molecule has 0 N–H and O–H groups in total. The highest BCUT2D eigenvalue weighted by Gasteiger charge is 1.98. The lowest BCUT2D eigenvalue weighted by Gasteiger charge is -2.02. The van der Waals surface area contributed by atoms with Crippen LogP contribution in [0, 0.1) is 6.92 Å². The smallest absolute Gasteiger partial charge is 0.00891 e. The van der Waals surface area contributed by atoms with Crippen LogP contribution in [0.1, 0.15) is 16.0 Å². The fourth-order valence-corrected chi connectivity index (χ4v) is 2.06. The maximum Gasteiger partial charge on any atom is 0.00891 e. The van der Waals surface area contributed by atoms with E-state index in [1.807, 2.05) is 6.07 Å². The Morgan fingerprint density at radius 3 is 2.62 bits per heavy atom. The van der Waals surface area contributed by atoms with Crippen LogP contribution < -0.4 is 0 Å². The summed E-state index contributed by atoms with van der Waals surface area (Å²) in [4.78, 5) is 1.40. The van der Waals surface area contributed by atoms with E-state index in [0.717, 1.165) is 12.0 Å². The summed E-state index contributed by atoms with van der Waals surface area (Å²) in [5, 5.41) is 2.11. The van der Waals surface area contributed by atoms with Gasteiger partial charge in [0, 0.05) is 11.3 Å². The molecule has 1 aromatic heterocycles. The first-order valence-electron chi connectivity index (χ1n) is 4.28. The molecule has 1 heterocycles. The van der Waals surface area contributed by atoms with Crippen LogP contribution in [-0.2, 0) is 6.42 Å². The van der Waals surface area contributed by atoms with Crippen molar-refractivity contribution in [1.82, 2.24) is 0 Å². The van der Waals surface area contributed by atoms with E-state index in [-0.39, 0.29) is 0 Å². The lowest BCUT2D eigenvalue weighted by molar-refractivity contribution is 1.22. The van der Waals surface area contributed by atoms with Gasteiger partial charge in [-0.1, -0.05) is 30.3 Å². The summed E-state index contributed by atoms with van der Waals surface area (Å²) < 4.78 is 0. The van der Waals surface area contributed by atoms with E-state index in [9.17, 15) is 0 Å². The van der Waals surface area contributed by atoms with Gasteiger partial charge in [-0.15, -0.1) is 11.3 Å². The zero-order valence-electron chi connectivity index (χ0n) is 7.36. The Balaban J connectivity index is 2.24. The van der Waals surface area contributed by atoms with Crippen LogP contribution in [0.5, 0.6) is 0 Å². The minimum absolute atomic E-state index is 1.01. The van der Waals surface area contributed by atoms with Crippen LogP contribution in [0.4, 0.5) is 0 Å². The largest absolute Gasteiger partial charge is 0.149 e. The zero-order valence-corrected chi connectivity index (χ0v) is 8.18. The van der Waals surface area contributed by atoms with Crippen molar-refractivity contribution in [1.29, 1.82) is 0 Å². The minimum Gasteiger partial charge on any atom is -0.149 e. The third kappa shape index (κ3) is 1.99. The van der Waals surface area contributed by atoms with E-state index in [1.165, 1.54) is 10.4 Å². The van der Waals surface area contributed by atoms with Gasteiger partial charge in [-0.3, -0.25) is 0 Å². The van der Waals surface area contributed by atoms with Crippen LogP contribution in [0.15, 0.2) is 41.8 Å². The second kappa shape index (κ2) is 3.75. The highest BCUT2D eigenvalue weighted by Crippen LogP contribution is 2.16. The molecule has 0 nitrogen and oxygen atoms in total. The van der Waals surface area contributed by atoms with Crippen molar-refractivity contribution in [2.45, 2.75) is 6.42 Å². The van der Waals surface area contributed by atoms with Gasteiger partial charge in [0.25, 0.3) is 0 Å². The summed E-state index contributed by atoms with van der Waals surface area (Å²) >= 11 is 1.80. The summed E-state index contributed by atoms with van der Waals surface area (Å²) in [5.74, 6) is 0. The lowest BCUT2D eigenvalue weighted by atomic mass is 10.1. The summed E-state index contributed by atoms with van der Waals surface area (Å²) in [6.45, 7) is 4.01. The molecule has 0 amide bonds. The van der Waals surface area contributed by atoms with E-state index in [4.69, 9.17) is 0 Å². The van der Waals surface area contributed by atoms with Crippen LogP contribution in [0.25, 0.3) is 0 Å². The average molecular weight is 187 g/mol. The van der Waals surface area contributed by atoms with Crippen molar-refractivity contribution in [3.8, 4) is 0 Å². The highest BCUT2D eigenvalue weighted by molar-refractivity contribution is 7.09. The van der Waals surface area contributed by atoms with Crippen molar-refractivity contribution in [2.75, 3.05) is 0 Å². The molecule has 0 unspecified atom stereocenters. The second-order valence-electron chi connectivity index (χ2n) is 3.02. The molecular weight excluding hydrogens is 176 g/mol. The summed E-state index contributed by atoms with van der Waals surface area (Å²) in [6, 6.07) is 12.5. The molecular formula is C12H11S. The molecule has 0 aliphatic carbocycles. The van der Waals surface area contributed by atoms with E-state index >= 15 is 0 Å². The molecule has 2 rings (SSSR count). The van der Waals surface area contributed by atoms with Crippen LogP contribution in [0.3, 0.4) is 0 Å². The molecule has 0 aliphatic heterocycles. The van der Waals surface area contributed by atoms with E-state index in [2.05, 4.69) is 42.6 Å². The first-order valence-corrected chi connectivity index (χ1v) is 5.16. The Kier molecular flexibility index (Phi) is 2.46. The van der Waals surface area contributed by atoms with Crippen molar-refractivity contribution in [3.63, 3.8) is 0 Å². The summed E-state index contributed by atoms with van der Waals surface area (Å²) in [7, 11) is 0. The molecule has 0 saturated heterocycles. The number of hydrogen-bond donors (Lipinski definition) is 0. The van der Waals surface area contributed by atoms with Gasteiger partial charge >= 0.3 is 0 Å². The summed E-state index contributed by atoms with van der Waals surface area (Å²) in [6.07, 6.45) is 1.01. The fraction of sp³-hybridized carbons (Fsp3) is 0.0833. The molecule has 1 heteroatoms. The molecule has 0 fully saturated rings. The third-order valence-electron chi connectivity index (χ3n) is 2.06. The Hall–Kier alpha value is -1.08. The first-order chi connectivity index (χ1) is 6.36. The first kappa shape index (κ1) is 8.52. The molecule has 0 atom stereocenters. The predicted molar refractivity (Wildman–Crippen MR) is 58.0 cm³/mol. The van der Waals surface area contributed by atoms with E-state index < -0.39 is 0 Å². The maximum absolute atomic E-state index is 4.01. The Labute approximate surface area is 82.9 Å². The van der Waals surface area contributed by atoms with Gasteiger partial charge in [-0.2, -0.15) is 0 Å². The number of thiophene rings is 1. The van der Waals surface area contributed by atoms with Crippen molar-refractivity contribution < 1.29 is 0 Å². The Bertz CT molecular complexity index is 374. The van der Waals surface area contributed by atoms with E-state index in [0.29, 0.717) is 0 Å². The highest BCUT2D eigenvalue weighted by atomic mass is 32.1. The molecule has 0 aliphatic rings. The fourth-order valence-electron chi connectivity index (χ4n) is 1.33. The van der Waals surface area contributed by atoms with Crippen LogP contribution in [0.2, 0.25) is 0 Å². The molecule has 13 heavy (non-hydrogen) atoms. The molecule has 0 spiro atoms. The normalized spacial score (nSPS) is 10.2. The Morgan fingerprint density at radius 2 is 1.92 bits per heavy atom. The number of rotatable bonds is 2. The second-order valence-corrected chi connectivity index (χ2v) is 4.06. The van der Waals surface area contributed by atoms with Gasteiger partial charge in [0.15, 0.2) is 0 Å². The van der Waals surface area contributed by atoms with Crippen LogP contribution in [-0.4, -0.2) is 0 Å². The lowest BCUT2D eigenvalue weighted by Crippen LogP contribution is -1.87. The topological polar surface area (TPSA) is 0 Å². The number of hydrogen-bond acceptors (Lipinski definition) is 1. The minimum atomic E-state index is 1.01. The number of benzene rings is 1. The van der Waals surface area contributed by atoms with Gasteiger partial charge < -0.3 is 0 Å². The van der Waals surface area contributed by atoms with Crippen molar-refractivity contribution in [2.24, 2.45) is 0 Å².